The Bertz CT molecular complexity index is 327. The van der Waals surface area contributed by atoms with Crippen molar-refractivity contribution in [1.29, 1.82) is 0 Å². The maximum Gasteiger partial charge on any atom is 0.0681 e. The van der Waals surface area contributed by atoms with Crippen LogP contribution in [0.4, 0.5) is 5.69 Å². The van der Waals surface area contributed by atoms with Crippen molar-refractivity contribution in [3.63, 3.8) is 0 Å². The Morgan fingerprint density at radius 3 is 2.31 bits per heavy atom. The van der Waals surface area contributed by atoms with Gasteiger partial charge in [-0.2, -0.15) is 0 Å². The van der Waals surface area contributed by atoms with Crippen LogP contribution in [0.2, 0.25) is 0 Å². The van der Waals surface area contributed by atoms with E-state index in [1.165, 1.54) is 18.5 Å². The molecular formula is C14H21NO. The lowest BCUT2D eigenvalue weighted by atomic mass is 10.1. The summed E-state index contributed by atoms with van der Waals surface area (Å²) in [6.07, 6.45) is 2.66. The SMILES string of the molecule is CC(C)CN(c1ccc(CO)cc1)C1CC1. The summed E-state index contributed by atoms with van der Waals surface area (Å²) in [4.78, 5) is 2.51. The van der Waals surface area contributed by atoms with Crippen LogP contribution < -0.4 is 4.90 Å². The lowest BCUT2D eigenvalue weighted by Crippen LogP contribution is -2.29. The Hall–Kier alpha value is -1.02. The molecule has 2 rings (SSSR count). The third-order valence-electron chi connectivity index (χ3n) is 3.00. The van der Waals surface area contributed by atoms with E-state index in [1.54, 1.807) is 0 Å². The zero-order valence-corrected chi connectivity index (χ0v) is 10.2. The number of rotatable bonds is 5. The number of anilines is 1. The predicted molar refractivity (Wildman–Crippen MR) is 67.6 cm³/mol. The van der Waals surface area contributed by atoms with Crippen molar-refractivity contribution in [3.05, 3.63) is 29.8 Å². The summed E-state index contributed by atoms with van der Waals surface area (Å²) in [5.41, 5.74) is 2.29. The zero-order chi connectivity index (χ0) is 11.5. The van der Waals surface area contributed by atoms with Gasteiger partial charge in [0, 0.05) is 18.3 Å². The van der Waals surface area contributed by atoms with E-state index in [1.807, 2.05) is 12.1 Å². The molecule has 1 N–H and O–H groups in total. The molecule has 88 valence electrons. The standard InChI is InChI=1S/C14H21NO/c1-11(2)9-15(14-7-8-14)13-5-3-12(10-16)4-6-13/h3-6,11,14,16H,7-10H2,1-2H3. The Morgan fingerprint density at radius 1 is 1.25 bits per heavy atom. The molecule has 0 saturated heterocycles. The van der Waals surface area contributed by atoms with Gasteiger partial charge in [0.2, 0.25) is 0 Å². The summed E-state index contributed by atoms with van der Waals surface area (Å²) in [6.45, 7) is 5.78. The molecule has 0 atom stereocenters. The molecule has 0 spiro atoms. The highest BCUT2D eigenvalue weighted by Crippen LogP contribution is 2.32. The first kappa shape index (κ1) is 11.5. The highest BCUT2D eigenvalue weighted by molar-refractivity contribution is 5.49. The number of aliphatic hydroxyl groups is 1. The van der Waals surface area contributed by atoms with E-state index in [9.17, 15) is 0 Å². The van der Waals surface area contributed by atoms with Crippen LogP contribution in [0.5, 0.6) is 0 Å². The third kappa shape index (κ3) is 2.76. The lowest BCUT2D eigenvalue weighted by molar-refractivity contribution is 0.282. The first-order chi connectivity index (χ1) is 7.70. The number of benzene rings is 1. The van der Waals surface area contributed by atoms with Gasteiger partial charge in [-0.3, -0.25) is 0 Å². The summed E-state index contributed by atoms with van der Waals surface area (Å²) in [5.74, 6) is 0.693. The van der Waals surface area contributed by atoms with Gasteiger partial charge in [-0.05, 0) is 36.5 Å². The van der Waals surface area contributed by atoms with E-state index in [2.05, 4.69) is 30.9 Å². The summed E-state index contributed by atoms with van der Waals surface area (Å²) in [7, 11) is 0. The van der Waals surface area contributed by atoms with E-state index in [0.29, 0.717) is 5.92 Å². The minimum Gasteiger partial charge on any atom is -0.392 e. The molecule has 2 nitrogen and oxygen atoms in total. The molecule has 0 aliphatic heterocycles. The van der Waals surface area contributed by atoms with Gasteiger partial charge in [0.15, 0.2) is 0 Å². The molecule has 1 aromatic carbocycles. The summed E-state index contributed by atoms with van der Waals surface area (Å²) < 4.78 is 0. The largest absolute Gasteiger partial charge is 0.392 e. The minimum absolute atomic E-state index is 0.133. The quantitative estimate of drug-likeness (QED) is 0.823. The average Bonchev–Trinajstić information content (AvgIpc) is 3.10. The van der Waals surface area contributed by atoms with E-state index in [-0.39, 0.29) is 6.61 Å². The van der Waals surface area contributed by atoms with Gasteiger partial charge in [-0.25, -0.2) is 0 Å². The fourth-order valence-electron chi connectivity index (χ4n) is 2.04. The van der Waals surface area contributed by atoms with E-state index < -0.39 is 0 Å². The molecule has 0 aromatic heterocycles. The van der Waals surface area contributed by atoms with Crippen LogP contribution in [-0.4, -0.2) is 17.7 Å². The van der Waals surface area contributed by atoms with E-state index in [0.717, 1.165) is 18.2 Å². The Labute approximate surface area is 97.9 Å². The normalized spacial score (nSPS) is 15.5. The molecule has 1 saturated carbocycles. The van der Waals surface area contributed by atoms with Gasteiger partial charge in [0.1, 0.15) is 0 Å². The molecule has 1 fully saturated rings. The van der Waals surface area contributed by atoms with E-state index >= 15 is 0 Å². The fraction of sp³-hybridized carbons (Fsp3) is 0.571. The number of nitrogens with zero attached hydrogens (tertiary/aromatic N) is 1. The van der Waals surface area contributed by atoms with Gasteiger partial charge in [-0.1, -0.05) is 26.0 Å². The molecule has 0 amide bonds. The molecule has 1 aliphatic carbocycles. The topological polar surface area (TPSA) is 23.5 Å². The molecule has 16 heavy (non-hydrogen) atoms. The second-order valence-electron chi connectivity index (χ2n) is 5.10. The number of hydrogen-bond donors (Lipinski definition) is 1. The average molecular weight is 219 g/mol. The Kier molecular flexibility index (Phi) is 3.49. The second-order valence-corrected chi connectivity index (χ2v) is 5.10. The summed E-state index contributed by atoms with van der Waals surface area (Å²) in [6, 6.07) is 9.05. The van der Waals surface area contributed by atoms with Gasteiger partial charge in [0.05, 0.1) is 6.61 Å². The van der Waals surface area contributed by atoms with Crippen LogP contribution >= 0.6 is 0 Å². The monoisotopic (exact) mass is 219 g/mol. The van der Waals surface area contributed by atoms with Gasteiger partial charge in [0.25, 0.3) is 0 Å². The molecule has 1 aromatic rings. The van der Waals surface area contributed by atoms with Crippen molar-refractivity contribution in [2.75, 3.05) is 11.4 Å². The van der Waals surface area contributed by atoms with Crippen LogP contribution in [0.25, 0.3) is 0 Å². The molecular weight excluding hydrogens is 198 g/mol. The smallest absolute Gasteiger partial charge is 0.0681 e. The Morgan fingerprint density at radius 2 is 1.88 bits per heavy atom. The van der Waals surface area contributed by atoms with Crippen molar-refractivity contribution in [1.82, 2.24) is 0 Å². The first-order valence-corrected chi connectivity index (χ1v) is 6.17. The maximum absolute atomic E-state index is 9.02. The maximum atomic E-state index is 9.02. The van der Waals surface area contributed by atoms with Crippen LogP contribution in [-0.2, 0) is 6.61 Å². The molecule has 0 radical (unpaired) electrons. The number of hydrogen-bond acceptors (Lipinski definition) is 2. The van der Waals surface area contributed by atoms with Crippen LogP contribution in [0.1, 0.15) is 32.3 Å². The lowest BCUT2D eigenvalue weighted by Gasteiger charge is -2.26. The third-order valence-corrected chi connectivity index (χ3v) is 3.00. The molecule has 0 heterocycles. The van der Waals surface area contributed by atoms with Gasteiger partial charge < -0.3 is 10.0 Å². The molecule has 0 bridgehead atoms. The molecule has 1 aliphatic rings. The second kappa shape index (κ2) is 4.88. The van der Waals surface area contributed by atoms with Gasteiger partial charge >= 0.3 is 0 Å². The van der Waals surface area contributed by atoms with Crippen molar-refractivity contribution >= 4 is 5.69 Å². The highest BCUT2D eigenvalue weighted by atomic mass is 16.3. The van der Waals surface area contributed by atoms with Crippen molar-refractivity contribution in [2.45, 2.75) is 39.3 Å². The summed E-state index contributed by atoms with van der Waals surface area (Å²) >= 11 is 0. The Balaban J connectivity index is 2.11. The van der Waals surface area contributed by atoms with Crippen LogP contribution in [0, 0.1) is 5.92 Å². The van der Waals surface area contributed by atoms with Crippen LogP contribution in [0.3, 0.4) is 0 Å². The minimum atomic E-state index is 0.133. The van der Waals surface area contributed by atoms with Gasteiger partial charge in [-0.15, -0.1) is 0 Å². The molecule has 0 unspecified atom stereocenters. The number of aliphatic hydroxyl groups excluding tert-OH is 1. The van der Waals surface area contributed by atoms with Crippen molar-refractivity contribution in [2.24, 2.45) is 5.92 Å². The van der Waals surface area contributed by atoms with E-state index in [4.69, 9.17) is 5.11 Å². The zero-order valence-electron chi connectivity index (χ0n) is 10.2. The van der Waals surface area contributed by atoms with Crippen LogP contribution in [0.15, 0.2) is 24.3 Å². The van der Waals surface area contributed by atoms with Crippen molar-refractivity contribution < 1.29 is 5.11 Å². The summed E-state index contributed by atoms with van der Waals surface area (Å²) in [5, 5.41) is 9.02. The highest BCUT2D eigenvalue weighted by Gasteiger charge is 2.29. The predicted octanol–water partition coefficient (Wildman–Crippen LogP) is 2.80. The molecule has 2 heteroatoms. The van der Waals surface area contributed by atoms with Crippen molar-refractivity contribution in [3.8, 4) is 0 Å². The first-order valence-electron chi connectivity index (χ1n) is 6.17. The fourth-order valence-corrected chi connectivity index (χ4v) is 2.04.